The van der Waals surface area contributed by atoms with E-state index >= 15 is 0 Å². The topological polar surface area (TPSA) is 62.5 Å². The maximum absolute atomic E-state index is 11.5. The summed E-state index contributed by atoms with van der Waals surface area (Å²) in [4.78, 5) is 11.5. The smallest absolute Gasteiger partial charge is 0.287 e. The molecule has 1 aromatic rings. The average Bonchev–Trinajstić information content (AvgIpc) is 2.95. The Hall–Kier alpha value is -1.29. The number of amides is 1. The monoisotopic (exact) mass is 223 g/mol. The van der Waals surface area contributed by atoms with Gasteiger partial charge in [-0.3, -0.25) is 4.79 Å². The summed E-state index contributed by atoms with van der Waals surface area (Å²) in [6.07, 6.45) is 5.54. The summed E-state index contributed by atoms with van der Waals surface area (Å²) in [5, 5.41) is 12.5. The minimum Gasteiger partial charge on any atom is -0.459 e. The van der Waals surface area contributed by atoms with E-state index in [1.54, 1.807) is 12.1 Å². The van der Waals surface area contributed by atoms with Crippen molar-refractivity contribution >= 4 is 5.91 Å². The van der Waals surface area contributed by atoms with E-state index in [9.17, 15) is 9.90 Å². The second kappa shape index (κ2) is 5.16. The lowest BCUT2D eigenvalue weighted by molar-refractivity contribution is 0.0818. The number of aliphatic hydroxyl groups excluding tert-OH is 1. The fourth-order valence-corrected chi connectivity index (χ4v) is 2.20. The molecule has 2 rings (SSSR count). The van der Waals surface area contributed by atoms with E-state index in [0.29, 0.717) is 18.2 Å². The van der Waals surface area contributed by atoms with Gasteiger partial charge in [-0.2, -0.15) is 0 Å². The lowest BCUT2D eigenvalue weighted by Crippen LogP contribution is -2.35. The third-order valence-corrected chi connectivity index (χ3v) is 3.16. The van der Waals surface area contributed by atoms with Gasteiger partial charge >= 0.3 is 0 Å². The van der Waals surface area contributed by atoms with Crippen molar-refractivity contribution in [1.82, 2.24) is 5.32 Å². The fraction of sp³-hybridized carbons (Fsp3) is 0.583. The van der Waals surface area contributed by atoms with E-state index < -0.39 is 6.10 Å². The number of aliphatic hydroxyl groups is 1. The Bertz CT molecular complexity index is 328. The molecule has 0 bridgehead atoms. The number of rotatable bonds is 4. The van der Waals surface area contributed by atoms with Crippen LogP contribution in [0.2, 0.25) is 0 Å². The first-order valence-corrected chi connectivity index (χ1v) is 5.77. The first kappa shape index (κ1) is 11.2. The van der Waals surface area contributed by atoms with Crippen LogP contribution in [0.1, 0.15) is 36.2 Å². The molecule has 1 amide bonds. The Balaban J connectivity index is 1.76. The van der Waals surface area contributed by atoms with Crippen LogP contribution >= 0.6 is 0 Å². The normalized spacial score (nSPS) is 18.6. The van der Waals surface area contributed by atoms with Crippen LogP contribution in [0.15, 0.2) is 22.8 Å². The van der Waals surface area contributed by atoms with Crippen molar-refractivity contribution in [3.05, 3.63) is 24.2 Å². The van der Waals surface area contributed by atoms with Crippen LogP contribution in [0.5, 0.6) is 0 Å². The SMILES string of the molecule is O=C(NCC(O)C1CCCC1)c1ccco1. The Labute approximate surface area is 94.6 Å². The summed E-state index contributed by atoms with van der Waals surface area (Å²) in [7, 11) is 0. The zero-order chi connectivity index (χ0) is 11.4. The van der Waals surface area contributed by atoms with Gasteiger partial charge in [0.05, 0.1) is 12.4 Å². The Morgan fingerprint density at radius 2 is 2.31 bits per heavy atom. The van der Waals surface area contributed by atoms with Crippen LogP contribution < -0.4 is 5.32 Å². The average molecular weight is 223 g/mol. The molecule has 2 N–H and O–H groups in total. The molecule has 0 saturated heterocycles. The Morgan fingerprint density at radius 1 is 1.56 bits per heavy atom. The van der Waals surface area contributed by atoms with Gasteiger partial charge in [0.2, 0.25) is 0 Å². The highest BCUT2D eigenvalue weighted by atomic mass is 16.3. The molecular weight excluding hydrogens is 206 g/mol. The van der Waals surface area contributed by atoms with Crippen LogP contribution in [0.3, 0.4) is 0 Å². The standard InChI is InChI=1S/C12H17NO3/c14-10(9-4-1-2-5-9)8-13-12(15)11-6-3-7-16-11/h3,6-7,9-10,14H,1-2,4-5,8H2,(H,13,15). The first-order chi connectivity index (χ1) is 7.77. The molecule has 16 heavy (non-hydrogen) atoms. The van der Waals surface area contributed by atoms with E-state index in [1.807, 2.05) is 0 Å². The van der Waals surface area contributed by atoms with Gasteiger partial charge in [0, 0.05) is 6.54 Å². The molecule has 88 valence electrons. The largest absolute Gasteiger partial charge is 0.459 e. The van der Waals surface area contributed by atoms with E-state index in [1.165, 1.54) is 19.1 Å². The van der Waals surface area contributed by atoms with Crippen molar-refractivity contribution in [3.63, 3.8) is 0 Å². The number of nitrogens with one attached hydrogen (secondary N) is 1. The van der Waals surface area contributed by atoms with Crippen molar-refractivity contribution in [2.75, 3.05) is 6.54 Å². The molecule has 0 radical (unpaired) electrons. The molecule has 1 heterocycles. The molecule has 1 aliphatic rings. The van der Waals surface area contributed by atoms with Crippen molar-refractivity contribution in [2.45, 2.75) is 31.8 Å². The highest BCUT2D eigenvalue weighted by molar-refractivity contribution is 5.91. The molecule has 4 nitrogen and oxygen atoms in total. The number of furan rings is 1. The molecule has 1 aliphatic carbocycles. The molecule has 1 fully saturated rings. The highest BCUT2D eigenvalue weighted by Crippen LogP contribution is 2.27. The second-order valence-electron chi connectivity index (χ2n) is 4.30. The molecule has 1 aromatic heterocycles. The third kappa shape index (κ3) is 2.64. The second-order valence-corrected chi connectivity index (χ2v) is 4.30. The van der Waals surface area contributed by atoms with E-state index in [0.717, 1.165) is 12.8 Å². The van der Waals surface area contributed by atoms with Gasteiger partial charge in [-0.15, -0.1) is 0 Å². The first-order valence-electron chi connectivity index (χ1n) is 5.77. The van der Waals surface area contributed by atoms with Crippen LogP contribution in [0.4, 0.5) is 0 Å². The molecule has 4 heteroatoms. The Morgan fingerprint density at radius 3 is 2.94 bits per heavy atom. The van der Waals surface area contributed by atoms with Gasteiger partial charge in [0.1, 0.15) is 0 Å². The summed E-state index contributed by atoms with van der Waals surface area (Å²) in [5.41, 5.74) is 0. The van der Waals surface area contributed by atoms with E-state index in [4.69, 9.17) is 4.42 Å². The molecule has 1 saturated carbocycles. The van der Waals surface area contributed by atoms with Crippen molar-refractivity contribution in [2.24, 2.45) is 5.92 Å². The summed E-state index contributed by atoms with van der Waals surface area (Å²) in [6, 6.07) is 3.28. The van der Waals surface area contributed by atoms with E-state index in [2.05, 4.69) is 5.32 Å². The minimum absolute atomic E-state index is 0.262. The van der Waals surface area contributed by atoms with E-state index in [-0.39, 0.29) is 5.91 Å². The summed E-state index contributed by atoms with van der Waals surface area (Å²) in [6.45, 7) is 0.310. The van der Waals surface area contributed by atoms with Gasteiger partial charge in [0.25, 0.3) is 5.91 Å². The molecule has 1 unspecified atom stereocenters. The van der Waals surface area contributed by atoms with Crippen molar-refractivity contribution in [1.29, 1.82) is 0 Å². The fourth-order valence-electron chi connectivity index (χ4n) is 2.20. The minimum atomic E-state index is -0.429. The predicted octanol–water partition coefficient (Wildman–Crippen LogP) is 1.56. The predicted molar refractivity (Wildman–Crippen MR) is 59.0 cm³/mol. The number of hydrogen-bond acceptors (Lipinski definition) is 3. The van der Waals surface area contributed by atoms with Gasteiger partial charge < -0.3 is 14.8 Å². The van der Waals surface area contributed by atoms with Crippen LogP contribution in [0.25, 0.3) is 0 Å². The lowest BCUT2D eigenvalue weighted by atomic mass is 10.0. The number of carbonyl (C=O) groups excluding carboxylic acids is 1. The van der Waals surface area contributed by atoms with Crippen molar-refractivity contribution < 1.29 is 14.3 Å². The van der Waals surface area contributed by atoms with Crippen molar-refractivity contribution in [3.8, 4) is 0 Å². The lowest BCUT2D eigenvalue weighted by Gasteiger charge is -2.17. The molecule has 0 aliphatic heterocycles. The zero-order valence-corrected chi connectivity index (χ0v) is 9.19. The zero-order valence-electron chi connectivity index (χ0n) is 9.19. The van der Waals surface area contributed by atoms with Gasteiger partial charge in [-0.05, 0) is 30.9 Å². The molecule has 0 aromatic carbocycles. The van der Waals surface area contributed by atoms with Crippen LogP contribution in [-0.2, 0) is 0 Å². The summed E-state index contributed by atoms with van der Waals surface area (Å²) < 4.78 is 4.96. The summed E-state index contributed by atoms with van der Waals surface area (Å²) in [5.74, 6) is 0.373. The van der Waals surface area contributed by atoms with Crippen LogP contribution in [0, 0.1) is 5.92 Å². The summed E-state index contributed by atoms with van der Waals surface area (Å²) >= 11 is 0. The quantitative estimate of drug-likeness (QED) is 0.814. The Kier molecular flexibility index (Phi) is 3.62. The number of carbonyl (C=O) groups is 1. The van der Waals surface area contributed by atoms with Gasteiger partial charge in [-0.25, -0.2) is 0 Å². The third-order valence-electron chi connectivity index (χ3n) is 3.16. The van der Waals surface area contributed by atoms with Gasteiger partial charge in [-0.1, -0.05) is 12.8 Å². The number of hydrogen-bond donors (Lipinski definition) is 2. The molecular formula is C12H17NO3. The molecule has 1 atom stereocenters. The maximum Gasteiger partial charge on any atom is 0.287 e. The molecule has 0 spiro atoms. The highest BCUT2D eigenvalue weighted by Gasteiger charge is 2.23. The van der Waals surface area contributed by atoms with Gasteiger partial charge in [0.15, 0.2) is 5.76 Å². The van der Waals surface area contributed by atoms with Crippen LogP contribution in [-0.4, -0.2) is 23.7 Å². The maximum atomic E-state index is 11.5.